The summed E-state index contributed by atoms with van der Waals surface area (Å²) >= 11 is 0. The van der Waals surface area contributed by atoms with E-state index in [-0.39, 0.29) is 17.9 Å². The number of hydrogen-bond acceptors (Lipinski definition) is 5. The molecule has 3 rings (SSSR count). The van der Waals surface area contributed by atoms with Crippen LogP contribution in [0.2, 0.25) is 0 Å². The summed E-state index contributed by atoms with van der Waals surface area (Å²) in [7, 11) is 0. The van der Waals surface area contributed by atoms with Gasteiger partial charge in [-0.05, 0) is 57.0 Å². The second-order valence-electron chi connectivity index (χ2n) is 7.24. The molecule has 0 saturated carbocycles. The normalized spacial score (nSPS) is 14.1. The molecule has 0 radical (unpaired) electrons. The zero-order valence-electron chi connectivity index (χ0n) is 17.7. The number of rotatable bonds is 10. The number of carbonyl (C=O) groups excluding carboxylic acids is 2. The van der Waals surface area contributed by atoms with E-state index < -0.39 is 0 Å². The Morgan fingerprint density at radius 1 is 0.967 bits per heavy atom. The van der Waals surface area contributed by atoms with Crippen molar-refractivity contribution in [2.24, 2.45) is 0 Å². The first-order chi connectivity index (χ1) is 14.5. The number of amides is 2. The maximum Gasteiger partial charge on any atom is 0.278 e. The molecular weight excluding hydrogens is 380 g/mol. The molecule has 1 aliphatic rings. The van der Waals surface area contributed by atoms with Gasteiger partial charge >= 0.3 is 0 Å². The van der Waals surface area contributed by atoms with Crippen LogP contribution in [0.1, 0.15) is 32.8 Å². The third kappa shape index (κ3) is 5.07. The second kappa shape index (κ2) is 10.1. The predicted octanol–water partition coefficient (Wildman–Crippen LogP) is 4.09. The largest absolute Gasteiger partial charge is 0.491 e. The standard InChI is InChI=1S/C24H28N2O4/c1-4-29-16-8-15-26-23(27)21(18-11-13-20(14-12-18)30-17(2)3)22(24(26)28)25-19-9-6-5-7-10-19/h5-7,9-14,17,25H,4,8,15-16H2,1-3H3. The first-order valence-electron chi connectivity index (χ1n) is 10.3. The SMILES string of the molecule is CCOCCCN1C(=O)C(Nc2ccccc2)=C(c2ccc(OC(C)C)cc2)C1=O. The van der Waals surface area contributed by atoms with Crippen LogP contribution in [0.5, 0.6) is 5.75 Å². The summed E-state index contributed by atoms with van der Waals surface area (Å²) in [6.45, 7) is 7.26. The Bertz CT molecular complexity index is 905. The summed E-state index contributed by atoms with van der Waals surface area (Å²) in [4.78, 5) is 27.6. The van der Waals surface area contributed by atoms with Gasteiger partial charge in [0.25, 0.3) is 11.8 Å². The topological polar surface area (TPSA) is 67.9 Å². The molecule has 2 aromatic rings. The van der Waals surface area contributed by atoms with Gasteiger partial charge in [0, 0.05) is 25.4 Å². The minimum Gasteiger partial charge on any atom is -0.491 e. The van der Waals surface area contributed by atoms with Crippen LogP contribution < -0.4 is 10.1 Å². The van der Waals surface area contributed by atoms with Crippen LogP contribution in [0.25, 0.3) is 5.57 Å². The number of imide groups is 1. The third-order valence-corrected chi connectivity index (χ3v) is 4.60. The third-order valence-electron chi connectivity index (χ3n) is 4.60. The Labute approximate surface area is 177 Å². The number of carbonyl (C=O) groups is 2. The molecule has 0 atom stereocenters. The van der Waals surface area contributed by atoms with Gasteiger partial charge < -0.3 is 14.8 Å². The maximum absolute atomic E-state index is 13.2. The Kier molecular flexibility index (Phi) is 7.25. The molecule has 6 heteroatoms. The van der Waals surface area contributed by atoms with Crippen molar-refractivity contribution in [3.05, 3.63) is 65.9 Å². The summed E-state index contributed by atoms with van der Waals surface area (Å²) in [6.07, 6.45) is 0.652. The fourth-order valence-corrected chi connectivity index (χ4v) is 3.27. The van der Waals surface area contributed by atoms with Crippen LogP contribution in [-0.2, 0) is 14.3 Å². The number of para-hydroxylation sites is 1. The van der Waals surface area contributed by atoms with Gasteiger partial charge in [0.05, 0.1) is 11.7 Å². The molecule has 0 aliphatic carbocycles. The molecule has 0 aromatic heterocycles. The number of nitrogens with zero attached hydrogens (tertiary/aromatic N) is 1. The monoisotopic (exact) mass is 408 g/mol. The molecule has 1 aliphatic heterocycles. The lowest BCUT2D eigenvalue weighted by molar-refractivity contribution is -0.137. The van der Waals surface area contributed by atoms with E-state index in [9.17, 15) is 9.59 Å². The number of hydrogen-bond donors (Lipinski definition) is 1. The van der Waals surface area contributed by atoms with E-state index >= 15 is 0 Å². The van der Waals surface area contributed by atoms with Crippen molar-refractivity contribution in [1.82, 2.24) is 4.90 Å². The molecule has 158 valence electrons. The smallest absolute Gasteiger partial charge is 0.278 e. The minimum absolute atomic E-state index is 0.0564. The van der Waals surface area contributed by atoms with Gasteiger partial charge in [-0.25, -0.2) is 0 Å². The van der Waals surface area contributed by atoms with E-state index in [2.05, 4.69) is 5.32 Å². The Balaban J connectivity index is 1.90. The molecule has 0 bridgehead atoms. The fourth-order valence-electron chi connectivity index (χ4n) is 3.27. The average Bonchev–Trinajstić information content (AvgIpc) is 2.96. The van der Waals surface area contributed by atoms with Gasteiger partial charge in [-0.15, -0.1) is 0 Å². The van der Waals surface area contributed by atoms with E-state index in [1.165, 1.54) is 4.90 Å². The first-order valence-corrected chi connectivity index (χ1v) is 10.3. The maximum atomic E-state index is 13.2. The van der Waals surface area contributed by atoms with Crippen LogP contribution in [0.15, 0.2) is 60.3 Å². The number of benzene rings is 2. The lowest BCUT2D eigenvalue weighted by Crippen LogP contribution is -2.34. The van der Waals surface area contributed by atoms with Gasteiger partial charge in [-0.3, -0.25) is 14.5 Å². The number of ether oxygens (including phenoxy) is 2. The molecule has 1 N–H and O–H groups in total. The average molecular weight is 408 g/mol. The fraction of sp³-hybridized carbons (Fsp3) is 0.333. The van der Waals surface area contributed by atoms with Crippen LogP contribution >= 0.6 is 0 Å². The highest BCUT2D eigenvalue weighted by Gasteiger charge is 2.38. The van der Waals surface area contributed by atoms with Crippen LogP contribution in [-0.4, -0.2) is 42.6 Å². The van der Waals surface area contributed by atoms with Crippen molar-refractivity contribution in [3.63, 3.8) is 0 Å². The van der Waals surface area contributed by atoms with Crippen molar-refractivity contribution in [3.8, 4) is 5.75 Å². The summed E-state index contributed by atoms with van der Waals surface area (Å²) in [5, 5.41) is 3.15. The molecule has 1 heterocycles. The highest BCUT2D eigenvalue weighted by molar-refractivity contribution is 6.36. The van der Waals surface area contributed by atoms with Crippen LogP contribution in [0.3, 0.4) is 0 Å². The molecule has 2 amide bonds. The molecule has 0 fully saturated rings. The van der Waals surface area contributed by atoms with Gasteiger partial charge in [-0.2, -0.15) is 0 Å². The van der Waals surface area contributed by atoms with Crippen molar-refractivity contribution < 1.29 is 19.1 Å². The van der Waals surface area contributed by atoms with Crippen molar-refractivity contribution in [2.45, 2.75) is 33.3 Å². The Morgan fingerprint density at radius 2 is 1.67 bits per heavy atom. The van der Waals surface area contributed by atoms with Crippen molar-refractivity contribution >= 4 is 23.1 Å². The van der Waals surface area contributed by atoms with Crippen LogP contribution in [0, 0.1) is 0 Å². The van der Waals surface area contributed by atoms with E-state index in [1.807, 2.05) is 75.4 Å². The van der Waals surface area contributed by atoms with Gasteiger partial charge in [0.15, 0.2) is 0 Å². The summed E-state index contributed by atoms with van der Waals surface area (Å²) in [6, 6.07) is 16.6. The highest BCUT2D eigenvalue weighted by atomic mass is 16.5. The summed E-state index contributed by atoms with van der Waals surface area (Å²) in [5.74, 6) is 0.0996. The quantitative estimate of drug-likeness (QED) is 0.474. The summed E-state index contributed by atoms with van der Waals surface area (Å²) in [5.41, 5.74) is 2.09. The van der Waals surface area contributed by atoms with Gasteiger partial charge in [0.2, 0.25) is 0 Å². The zero-order chi connectivity index (χ0) is 21.5. The molecule has 30 heavy (non-hydrogen) atoms. The molecule has 2 aromatic carbocycles. The molecule has 0 saturated heterocycles. The first kappa shape index (κ1) is 21.6. The summed E-state index contributed by atoms with van der Waals surface area (Å²) < 4.78 is 11.0. The minimum atomic E-state index is -0.321. The predicted molar refractivity (Wildman–Crippen MR) is 117 cm³/mol. The second-order valence-corrected chi connectivity index (χ2v) is 7.24. The van der Waals surface area contributed by atoms with E-state index in [4.69, 9.17) is 9.47 Å². The number of anilines is 1. The van der Waals surface area contributed by atoms with Crippen molar-refractivity contribution in [2.75, 3.05) is 25.1 Å². The molecule has 0 spiro atoms. The van der Waals surface area contributed by atoms with Gasteiger partial charge in [-0.1, -0.05) is 30.3 Å². The van der Waals surface area contributed by atoms with E-state index in [1.54, 1.807) is 0 Å². The zero-order valence-corrected chi connectivity index (χ0v) is 17.7. The molecular formula is C24H28N2O4. The van der Waals surface area contributed by atoms with Crippen LogP contribution in [0.4, 0.5) is 5.69 Å². The lowest BCUT2D eigenvalue weighted by Gasteiger charge is -2.15. The lowest BCUT2D eigenvalue weighted by atomic mass is 10.0. The van der Waals surface area contributed by atoms with Gasteiger partial charge in [0.1, 0.15) is 11.4 Å². The molecule has 0 unspecified atom stereocenters. The van der Waals surface area contributed by atoms with E-state index in [0.29, 0.717) is 43.0 Å². The Morgan fingerprint density at radius 3 is 2.30 bits per heavy atom. The molecule has 6 nitrogen and oxygen atoms in total. The Hall–Kier alpha value is -3.12. The number of nitrogens with one attached hydrogen (secondary N) is 1. The highest BCUT2D eigenvalue weighted by Crippen LogP contribution is 2.31. The van der Waals surface area contributed by atoms with E-state index in [0.717, 1.165) is 11.4 Å². The van der Waals surface area contributed by atoms with Crippen molar-refractivity contribution in [1.29, 1.82) is 0 Å².